The Morgan fingerprint density at radius 1 is 0.548 bits per heavy atom. The van der Waals surface area contributed by atoms with Gasteiger partial charge in [-0.3, -0.25) is 0 Å². The monoisotopic (exact) mass is 427 g/mol. The number of aromatic nitrogens is 1. The van der Waals surface area contributed by atoms with Gasteiger partial charge in [0.15, 0.2) is 0 Å². The Balaban J connectivity index is 2.03. The minimum atomic E-state index is 1.20. The molecule has 1 heterocycles. The Hall–Kier alpha value is -1.24. The average molecular weight is 428 g/mol. The molecule has 1 aromatic rings. The minimum absolute atomic E-state index is 1.20. The lowest BCUT2D eigenvalue weighted by Gasteiger charge is -2.01. The number of unbranched alkanes of at least 4 members (excludes halogenated alkanes) is 18. The first kappa shape index (κ1) is 27.8. The summed E-state index contributed by atoms with van der Waals surface area (Å²) in [6, 6.07) is 2.20. The van der Waals surface area contributed by atoms with Gasteiger partial charge in [-0.2, -0.15) is 0 Å². The third-order valence-electron chi connectivity index (χ3n) is 6.34. The third kappa shape index (κ3) is 17.0. The summed E-state index contributed by atoms with van der Waals surface area (Å²) in [6.45, 7) is 4.58. The molecule has 0 aliphatic carbocycles. The van der Waals surface area contributed by atoms with Crippen molar-refractivity contribution in [2.75, 3.05) is 0 Å². The number of hydrogen-bond donors (Lipinski definition) is 1. The van der Waals surface area contributed by atoms with Crippen molar-refractivity contribution in [3.63, 3.8) is 0 Å². The fourth-order valence-corrected chi connectivity index (χ4v) is 4.24. The molecule has 0 aliphatic heterocycles. The highest BCUT2D eigenvalue weighted by molar-refractivity contribution is 5.62. The summed E-state index contributed by atoms with van der Waals surface area (Å²) in [5.74, 6) is 0. The molecule has 1 N–H and O–H groups in total. The summed E-state index contributed by atoms with van der Waals surface area (Å²) in [7, 11) is 0. The van der Waals surface area contributed by atoms with Gasteiger partial charge in [0.1, 0.15) is 0 Å². The zero-order valence-electron chi connectivity index (χ0n) is 21.1. The van der Waals surface area contributed by atoms with Crippen molar-refractivity contribution in [3.05, 3.63) is 35.7 Å². The van der Waals surface area contributed by atoms with Gasteiger partial charge in [0.05, 0.1) is 0 Å². The van der Waals surface area contributed by atoms with E-state index in [1.54, 1.807) is 0 Å². The molecule has 178 valence electrons. The molecule has 0 radical (unpaired) electrons. The van der Waals surface area contributed by atoms with E-state index < -0.39 is 0 Å². The van der Waals surface area contributed by atoms with Crippen molar-refractivity contribution in [2.24, 2.45) is 0 Å². The summed E-state index contributed by atoms with van der Waals surface area (Å²) in [4.78, 5) is 3.39. The lowest BCUT2D eigenvalue weighted by Crippen LogP contribution is -1.81. The van der Waals surface area contributed by atoms with Crippen LogP contribution in [0.15, 0.2) is 24.4 Å². The van der Waals surface area contributed by atoms with Crippen LogP contribution in [0.3, 0.4) is 0 Å². The number of hydrogen-bond acceptors (Lipinski definition) is 0. The van der Waals surface area contributed by atoms with Crippen molar-refractivity contribution < 1.29 is 0 Å². The van der Waals surface area contributed by atoms with E-state index in [9.17, 15) is 0 Å². The Kier molecular flexibility index (Phi) is 19.7. The Labute approximate surface area is 195 Å². The van der Waals surface area contributed by atoms with Gasteiger partial charge in [0, 0.05) is 11.9 Å². The average Bonchev–Trinajstić information content (AvgIpc) is 3.23. The summed E-state index contributed by atoms with van der Waals surface area (Å²) in [5, 5.41) is 0. The Morgan fingerprint density at radius 2 is 0.968 bits per heavy atom. The van der Waals surface area contributed by atoms with Crippen LogP contribution in [0.4, 0.5) is 0 Å². The molecular weight excluding hydrogens is 374 g/mol. The van der Waals surface area contributed by atoms with Crippen LogP contribution in [0.25, 0.3) is 12.2 Å². The first-order chi connectivity index (χ1) is 15.4. The van der Waals surface area contributed by atoms with Gasteiger partial charge in [0.2, 0.25) is 0 Å². The molecule has 0 amide bonds. The van der Waals surface area contributed by atoms with Gasteiger partial charge in [-0.1, -0.05) is 135 Å². The molecule has 1 rings (SSSR count). The number of rotatable bonds is 22. The highest BCUT2D eigenvalue weighted by Gasteiger charge is 1.97. The van der Waals surface area contributed by atoms with Crippen LogP contribution in [0.1, 0.15) is 154 Å². The Morgan fingerprint density at radius 3 is 1.45 bits per heavy atom. The van der Waals surface area contributed by atoms with Gasteiger partial charge in [-0.15, -0.1) is 0 Å². The maximum absolute atomic E-state index is 3.39. The van der Waals surface area contributed by atoms with E-state index in [2.05, 4.69) is 55.4 Å². The Bertz CT molecular complexity index is 490. The maximum Gasteiger partial charge on any atom is 0.0450 e. The standard InChI is InChI=1S/C30H53N/c1-3-5-7-9-11-13-15-17-19-21-23-25-29-27-28-31-30(29)26-24-22-20-18-16-14-12-10-8-6-4-2/h23-28,31H,3-22H2,1-2H3/b25-23+,26-24+. The SMILES string of the molecule is CCCCCCCCCCC/C=C/c1cc[nH]c1/C=C/CCCCCCCCCCC. The van der Waals surface area contributed by atoms with E-state index in [0.717, 1.165) is 0 Å². The summed E-state index contributed by atoms with van der Waals surface area (Å²) >= 11 is 0. The molecular formula is C30H53N. The number of allylic oxidation sites excluding steroid dienone is 2. The first-order valence-corrected chi connectivity index (χ1v) is 13.9. The summed E-state index contributed by atoms with van der Waals surface area (Å²) in [6.07, 6.45) is 39.1. The topological polar surface area (TPSA) is 15.8 Å². The van der Waals surface area contributed by atoms with Gasteiger partial charge >= 0.3 is 0 Å². The predicted molar refractivity (Wildman–Crippen MR) is 143 cm³/mol. The van der Waals surface area contributed by atoms with Crippen molar-refractivity contribution in [1.82, 2.24) is 4.98 Å². The molecule has 31 heavy (non-hydrogen) atoms. The van der Waals surface area contributed by atoms with Crippen LogP contribution in [0.5, 0.6) is 0 Å². The second kappa shape index (κ2) is 22.0. The minimum Gasteiger partial charge on any atom is -0.361 e. The smallest absolute Gasteiger partial charge is 0.0450 e. The quantitative estimate of drug-likeness (QED) is 0.177. The van der Waals surface area contributed by atoms with E-state index >= 15 is 0 Å². The molecule has 0 saturated heterocycles. The summed E-state index contributed by atoms with van der Waals surface area (Å²) < 4.78 is 0. The molecule has 0 unspecified atom stereocenters. The number of H-pyrrole nitrogens is 1. The number of aromatic amines is 1. The van der Waals surface area contributed by atoms with Crippen LogP contribution >= 0.6 is 0 Å². The van der Waals surface area contributed by atoms with Crippen LogP contribution < -0.4 is 0 Å². The lowest BCUT2D eigenvalue weighted by molar-refractivity contribution is 0.566. The van der Waals surface area contributed by atoms with Crippen molar-refractivity contribution in [1.29, 1.82) is 0 Å². The van der Waals surface area contributed by atoms with Crippen molar-refractivity contribution >= 4 is 12.2 Å². The molecule has 0 spiro atoms. The second-order valence-corrected chi connectivity index (χ2v) is 9.39. The zero-order chi connectivity index (χ0) is 22.2. The van der Waals surface area contributed by atoms with Crippen molar-refractivity contribution in [2.45, 2.75) is 142 Å². The molecule has 1 heteroatoms. The van der Waals surface area contributed by atoms with Crippen LogP contribution in [-0.2, 0) is 0 Å². The van der Waals surface area contributed by atoms with E-state index in [-0.39, 0.29) is 0 Å². The number of nitrogens with one attached hydrogen (secondary N) is 1. The molecule has 0 atom stereocenters. The fourth-order valence-electron chi connectivity index (χ4n) is 4.24. The largest absolute Gasteiger partial charge is 0.361 e. The van der Waals surface area contributed by atoms with E-state index in [0.29, 0.717) is 0 Å². The van der Waals surface area contributed by atoms with E-state index in [1.807, 2.05) is 0 Å². The van der Waals surface area contributed by atoms with Gasteiger partial charge in [-0.25, -0.2) is 0 Å². The zero-order valence-corrected chi connectivity index (χ0v) is 21.1. The van der Waals surface area contributed by atoms with Gasteiger partial charge < -0.3 is 4.98 Å². The van der Waals surface area contributed by atoms with E-state index in [4.69, 9.17) is 0 Å². The normalized spacial score (nSPS) is 11.9. The van der Waals surface area contributed by atoms with Crippen LogP contribution in [0, 0.1) is 0 Å². The van der Waals surface area contributed by atoms with Gasteiger partial charge in [0.25, 0.3) is 0 Å². The molecule has 0 aromatic carbocycles. The van der Waals surface area contributed by atoms with Crippen molar-refractivity contribution in [3.8, 4) is 0 Å². The fraction of sp³-hybridized carbons (Fsp3) is 0.733. The van der Waals surface area contributed by atoms with Crippen LogP contribution in [0.2, 0.25) is 0 Å². The highest BCUT2D eigenvalue weighted by Crippen LogP contribution is 2.15. The van der Waals surface area contributed by atoms with Crippen LogP contribution in [-0.4, -0.2) is 4.98 Å². The lowest BCUT2D eigenvalue weighted by atomic mass is 10.1. The van der Waals surface area contributed by atoms with Gasteiger partial charge in [-0.05, 0) is 43.4 Å². The van der Waals surface area contributed by atoms with E-state index in [1.165, 1.54) is 140 Å². The maximum atomic E-state index is 3.39. The molecule has 0 aliphatic rings. The molecule has 0 fully saturated rings. The third-order valence-corrected chi connectivity index (χ3v) is 6.34. The molecule has 1 aromatic heterocycles. The summed E-state index contributed by atoms with van der Waals surface area (Å²) in [5.41, 5.74) is 2.60. The molecule has 0 bridgehead atoms. The molecule has 1 nitrogen and oxygen atoms in total. The highest BCUT2D eigenvalue weighted by atomic mass is 14.7. The second-order valence-electron chi connectivity index (χ2n) is 9.39. The molecule has 0 saturated carbocycles. The predicted octanol–water partition coefficient (Wildman–Crippen LogP) is 10.9. The first-order valence-electron chi connectivity index (χ1n) is 13.9.